The van der Waals surface area contributed by atoms with Crippen LogP contribution in [0.4, 0.5) is 10.5 Å². The summed E-state index contributed by atoms with van der Waals surface area (Å²) in [5.41, 5.74) is 6.18. The minimum absolute atomic E-state index is 0.0165. The van der Waals surface area contributed by atoms with Gasteiger partial charge in [-0.05, 0) is 37.5 Å². The van der Waals surface area contributed by atoms with Crippen molar-refractivity contribution in [3.8, 4) is 0 Å². The molecule has 1 heterocycles. The fourth-order valence-corrected chi connectivity index (χ4v) is 2.15. The van der Waals surface area contributed by atoms with Gasteiger partial charge in [0.25, 0.3) is 5.91 Å². The predicted octanol–water partition coefficient (Wildman–Crippen LogP) is 1.80. The molecule has 0 atom stereocenters. The normalized spacial score (nSPS) is 15.2. The van der Waals surface area contributed by atoms with Gasteiger partial charge in [0.1, 0.15) is 0 Å². The van der Waals surface area contributed by atoms with E-state index in [1.807, 2.05) is 4.90 Å². The molecule has 0 aromatic heterocycles. The zero-order valence-corrected chi connectivity index (χ0v) is 10.2. The van der Waals surface area contributed by atoms with Gasteiger partial charge in [-0.3, -0.25) is 4.79 Å². The Bertz CT molecular complexity index is 453. The number of anilines is 1. The highest BCUT2D eigenvalue weighted by Crippen LogP contribution is 2.16. The number of rotatable bonds is 2. The van der Waals surface area contributed by atoms with E-state index in [-0.39, 0.29) is 5.91 Å². The highest BCUT2D eigenvalue weighted by atomic mass is 16.2. The van der Waals surface area contributed by atoms with Gasteiger partial charge < -0.3 is 16.0 Å². The number of hydrogen-bond acceptors (Lipinski definition) is 2. The van der Waals surface area contributed by atoms with Crippen LogP contribution in [0.1, 0.15) is 29.6 Å². The average molecular weight is 247 g/mol. The summed E-state index contributed by atoms with van der Waals surface area (Å²) in [5.74, 6) is 0.0165. The fourth-order valence-electron chi connectivity index (χ4n) is 2.15. The van der Waals surface area contributed by atoms with E-state index < -0.39 is 6.03 Å². The fraction of sp³-hybridized carbons (Fsp3) is 0.385. The Morgan fingerprint density at radius 1 is 1.17 bits per heavy atom. The molecule has 2 rings (SSSR count). The summed E-state index contributed by atoms with van der Waals surface area (Å²) >= 11 is 0. The molecule has 0 aliphatic carbocycles. The Labute approximate surface area is 106 Å². The van der Waals surface area contributed by atoms with Crippen LogP contribution in [-0.4, -0.2) is 29.9 Å². The summed E-state index contributed by atoms with van der Waals surface area (Å²) in [7, 11) is 0. The van der Waals surface area contributed by atoms with Crippen LogP contribution < -0.4 is 11.1 Å². The molecule has 1 fully saturated rings. The molecule has 3 amide bonds. The van der Waals surface area contributed by atoms with Gasteiger partial charge in [0, 0.05) is 24.3 Å². The highest BCUT2D eigenvalue weighted by molar-refractivity contribution is 5.96. The van der Waals surface area contributed by atoms with Crippen molar-refractivity contribution in [3.63, 3.8) is 0 Å². The van der Waals surface area contributed by atoms with E-state index in [2.05, 4.69) is 5.32 Å². The SMILES string of the molecule is NC(=O)Nc1cccc(C(=O)N2CCCCC2)c1. The third kappa shape index (κ3) is 3.00. The Morgan fingerprint density at radius 2 is 1.89 bits per heavy atom. The number of urea groups is 1. The number of carbonyl (C=O) groups is 2. The predicted molar refractivity (Wildman–Crippen MR) is 69.4 cm³/mol. The van der Waals surface area contributed by atoms with Crippen molar-refractivity contribution in [2.45, 2.75) is 19.3 Å². The molecule has 3 N–H and O–H groups in total. The summed E-state index contributed by atoms with van der Waals surface area (Å²) in [6.45, 7) is 1.62. The monoisotopic (exact) mass is 247 g/mol. The second-order valence-corrected chi connectivity index (χ2v) is 4.42. The lowest BCUT2D eigenvalue weighted by Gasteiger charge is -2.26. The Kier molecular flexibility index (Phi) is 3.82. The number of hydrogen-bond donors (Lipinski definition) is 2. The summed E-state index contributed by atoms with van der Waals surface area (Å²) in [4.78, 5) is 24.8. The van der Waals surface area contributed by atoms with Crippen LogP contribution in [0.5, 0.6) is 0 Å². The van der Waals surface area contributed by atoms with Crippen LogP contribution in [-0.2, 0) is 0 Å². The maximum absolute atomic E-state index is 12.2. The molecule has 1 aromatic carbocycles. The van der Waals surface area contributed by atoms with E-state index in [0.717, 1.165) is 25.9 Å². The van der Waals surface area contributed by atoms with Crippen molar-refractivity contribution >= 4 is 17.6 Å². The Morgan fingerprint density at radius 3 is 2.56 bits per heavy atom. The molecule has 0 radical (unpaired) electrons. The minimum Gasteiger partial charge on any atom is -0.351 e. The number of nitrogens with two attached hydrogens (primary N) is 1. The van der Waals surface area contributed by atoms with Gasteiger partial charge in [0.05, 0.1) is 0 Å². The summed E-state index contributed by atoms with van der Waals surface area (Å²) < 4.78 is 0. The Balaban J connectivity index is 2.11. The second-order valence-electron chi connectivity index (χ2n) is 4.42. The molecule has 1 aromatic rings. The number of amides is 3. The second kappa shape index (κ2) is 5.53. The van der Waals surface area contributed by atoms with Gasteiger partial charge in [-0.25, -0.2) is 4.79 Å². The number of likely N-dealkylation sites (tertiary alicyclic amines) is 1. The van der Waals surface area contributed by atoms with Gasteiger partial charge in [0.15, 0.2) is 0 Å². The summed E-state index contributed by atoms with van der Waals surface area (Å²) in [6.07, 6.45) is 3.31. The van der Waals surface area contributed by atoms with Crippen LogP contribution in [0.25, 0.3) is 0 Å². The molecular weight excluding hydrogens is 230 g/mol. The molecule has 5 nitrogen and oxygen atoms in total. The first kappa shape index (κ1) is 12.4. The zero-order chi connectivity index (χ0) is 13.0. The maximum Gasteiger partial charge on any atom is 0.316 e. The van der Waals surface area contributed by atoms with Crippen molar-refractivity contribution in [1.82, 2.24) is 4.90 Å². The van der Waals surface area contributed by atoms with Crippen LogP contribution in [0.3, 0.4) is 0 Å². The number of primary amides is 1. The van der Waals surface area contributed by atoms with E-state index in [4.69, 9.17) is 5.73 Å². The molecule has 96 valence electrons. The average Bonchev–Trinajstić information content (AvgIpc) is 2.38. The Hall–Kier alpha value is -2.04. The molecule has 5 heteroatoms. The van der Waals surface area contributed by atoms with Crippen molar-refractivity contribution in [1.29, 1.82) is 0 Å². The first-order valence-electron chi connectivity index (χ1n) is 6.12. The van der Waals surface area contributed by atoms with Gasteiger partial charge in [0.2, 0.25) is 0 Å². The van der Waals surface area contributed by atoms with Gasteiger partial charge in [-0.15, -0.1) is 0 Å². The molecule has 1 aliphatic heterocycles. The quantitative estimate of drug-likeness (QED) is 0.836. The molecule has 18 heavy (non-hydrogen) atoms. The number of nitrogens with one attached hydrogen (secondary N) is 1. The van der Waals surface area contributed by atoms with Crippen LogP contribution >= 0.6 is 0 Å². The van der Waals surface area contributed by atoms with E-state index in [0.29, 0.717) is 11.3 Å². The first-order valence-corrected chi connectivity index (χ1v) is 6.12. The largest absolute Gasteiger partial charge is 0.351 e. The summed E-state index contributed by atoms with van der Waals surface area (Å²) in [5, 5.41) is 2.47. The van der Waals surface area contributed by atoms with E-state index >= 15 is 0 Å². The molecule has 0 saturated carbocycles. The topological polar surface area (TPSA) is 75.4 Å². The third-order valence-corrected chi connectivity index (χ3v) is 3.02. The van der Waals surface area contributed by atoms with E-state index in [1.54, 1.807) is 24.3 Å². The molecule has 0 bridgehead atoms. The molecule has 0 unspecified atom stereocenters. The van der Waals surface area contributed by atoms with Crippen molar-refractivity contribution in [2.24, 2.45) is 5.73 Å². The van der Waals surface area contributed by atoms with Crippen molar-refractivity contribution in [3.05, 3.63) is 29.8 Å². The lowest BCUT2D eigenvalue weighted by molar-refractivity contribution is 0.0724. The van der Waals surface area contributed by atoms with E-state index in [9.17, 15) is 9.59 Å². The van der Waals surface area contributed by atoms with Crippen molar-refractivity contribution in [2.75, 3.05) is 18.4 Å². The van der Waals surface area contributed by atoms with Crippen LogP contribution in [0.2, 0.25) is 0 Å². The lowest BCUT2D eigenvalue weighted by atomic mass is 10.1. The minimum atomic E-state index is -0.627. The number of piperidine rings is 1. The number of benzene rings is 1. The van der Waals surface area contributed by atoms with Gasteiger partial charge in [-0.1, -0.05) is 6.07 Å². The summed E-state index contributed by atoms with van der Waals surface area (Å²) in [6, 6.07) is 6.22. The molecular formula is C13H17N3O2. The highest BCUT2D eigenvalue weighted by Gasteiger charge is 2.18. The van der Waals surface area contributed by atoms with Crippen molar-refractivity contribution < 1.29 is 9.59 Å². The van der Waals surface area contributed by atoms with Gasteiger partial charge in [-0.2, -0.15) is 0 Å². The standard InChI is InChI=1S/C13H17N3O2/c14-13(18)15-11-6-4-5-10(9-11)12(17)16-7-2-1-3-8-16/h4-6,9H,1-3,7-8H2,(H3,14,15,18). The smallest absolute Gasteiger partial charge is 0.316 e. The lowest BCUT2D eigenvalue weighted by Crippen LogP contribution is -2.35. The molecule has 1 aliphatic rings. The maximum atomic E-state index is 12.2. The first-order chi connectivity index (χ1) is 8.66. The molecule has 0 spiro atoms. The number of carbonyl (C=O) groups excluding carboxylic acids is 2. The molecule has 1 saturated heterocycles. The third-order valence-electron chi connectivity index (χ3n) is 3.02. The van der Waals surface area contributed by atoms with E-state index in [1.165, 1.54) is 6.42 Å². The van der Waals surface area contributed by atoms with Crippen LogP contribution in [0.15, 0.2) is 24.3 Å². The van der Waals surface area contributed by atoms with Gasteiger partial charge >= 0.3 is 6.03 Å². The number of nitrogens with zero attached hydrogens (tertiary/aromatic N) is 1. The van der Waals surface area contributed by atoms with Crippen LogP contribution in [0, 0.1) is 0 Å². The zero-order valence-electron chi connectivity index (χ0n) is 10.2.